The minimum atomic E-state index is -2.42. The molecule has 0 amide bonds. The van der Waals surface area contributed by atoms with Gasteiger partial charge in [-0.1, -0.05) is 141 Å². The molecule has 9 fully saturated rings. The van der Waals surface area contributed by atoms with E-state index >= 15 is 0 Å². The Bertz CT molecular complexity index is 4960. The molecular formula is C111H191N9O12P6. The molecular weight excluding hydrogens is 1840 g/mol. The van der Waals surface area contributed by atoms with Crippen LogP contribution in [0.15, 0.2) is 109 Å². The van der Waals surface area contributed by atoms with E-state index < -0.39 is 42.9 Å². The summed E-state index contributed by atoms with van der Waals surface area (Å²) in [6, 6.07) is 42.4. The van der Waals surface area contributed by atoms with Crippen molar-refractivity contribution in [1.82, 2.24) is 44.1 Å². The molecule has 17 rings (SSSR count). The minimum absolute atomic E-state index is 0. The van der Waals surface area contributed by atoms with Crippen molar-refractivity contribution in [2.24, 2.45) is 0 Å². The number of fused-ring (bicyclic) bond motifs is 2. The lowest BCUT2D eigenvalue weighted by Crippen LogP contribution is -2.50. The summed E-state index contributed by atoms with van der Waals surface area (Å²) in [6.07, 6.45) is 17.1. The molecule has 0 aliphatic carbocycles. The van der Waals surface area contributed by atoms with Gasteiger partial charge in [-0.3, -0.25) is 29.4 Å². The maximum absolute atomic E-state index is 13.8. The van der Waals surface area contributed by atoms with E-state index in [2.05, 4.69) is 196 Å². The van der Waals surface area contributed by atoms with Crippen LogP contribution in [-0.4, -0.2) is 331 Å². The number of rotatable bonds is 17. The van der Waals surface area contributed by atoms with E-state index in [4.69, 9.17) is 28.4 Å². The number of hydrogen-bond donors (Lipinski definition) is 0. The maximum Gasteiger partial charge on any atom is 0.172 e. The van der Waals surface area contributed by atoms with E-state index in [0.29, 0.717) is 80.8 Å². The summed E-state index contributed by atoms with van der Waals surface area (Å²) in [5.74, 6) is 4.79. The number of methoxy groups -OCH3 is 2. The first-order chi connectivity index (χ1) is 62.9. The average molecular weight is 2030 g/mol. The van der Waals surface area contributed by atoms with Crippen molar-refractivity contribution in [2.45, 2.75) is 262 Å². The van der Waals surface area contributed by atoms with Crippen LogP contribution in [-0.2, 0) is 27.4 Å². The fourth-order valence-electron chi connectivity index (χ4n) is 21.2. The second-order valence-corrected chi connectivity index (χ2v) is 60.2. The van der Waals surface area contributed by atoms with E-state index in [9.17, 15) is 27.4 Å². The van der Waals surface area contributed by atoms with Gasteiger partial charge in [-0.05, 0) is 249 Å². The summed E-state index contributed by atoms with van der Waals surface area (Å²) in [7, 11) is -10.2. The summed E-state index contributed by atoms with van der Waals surface area (Å²) in [4.78, 5) is 22.7. The lowest BCUT2D eigenvalue weighted by atomic mass is 10.0. The molecule has 138 heavy (non-hydrogen) atoms. The first-order valence-electron chi connectivity index (χ1n) is 50.3. The average Bonchev–Trinajstić information content (AvgIpc) is 0.768. The third kappa shape index (κ3) is 31.1. The Kier molecular flexibility index (Phi) is 48.6. The highest BCUT2D eigenvalue weighted by Crippen LogP contribution is 2.56. The monoisotopic (exact) mass is 2030 g/mol. The predicted molar refractivity (Wildman–Crippen MR) is 598 cm³/mol. The first kappa shape index (κ1) is 122. The number of nitrogens with zero attached hydrogens (tertiary/aromatic N) is 9. The second kappa shape index (κ2) is 55.1. The van der Waals surface area contributed by atoms with Crippen LogP contribution in [0.2, 0.25) is 0 Å². The van der Waals surface area contributed by atoms with Crippen molar-refractivity contribution in [1.29, 1.82) is 0 Å². The van der Waals surface area contributed by atoms with Crippen LogP contribution in [0.4, 0.5) is 0 Å². The van der Waals surface area contributed by atoms with Crippen LogP contribution in [0.5, 0.6) is 34.5 Å². The lowest BCUT2D eigenvalue weighted by molar-refractivity contribution is 0.0974. The van der Waals surface area contributed by atoms with Gasteiger partial charge < -0.3 is 70.5 Å². The fourth-order valence-corrected chi connectivity index (χ4v) is 37.1. The Morgan fingerprint density at radius 2 is 0.457 bits per heavy atom. The van der Waals surface area contributed by atoms with Gasteiger partial charge >= 0.3 is 0 Å². The predicted octanol–water partition coefficient (Wildman–Crippen LogP) is 21.0. The van der Waals surface area contributed by atoms with Crippen LogP contribution in [0, 0.1) is 41.5 Å². The number of benzene rings is 6. The first-order valence-corrected chi connectivity index (χ1v) is 62.7. The van der Waals surface area contributed by atoms with Gasteiger partial charge in [0, 0.05) is 228 Å². The highest BCUT2D eigenvalue weighted by atomic mass is 31.2. The topological polar surface area (TPSA) is 187 Å². The van der Waals surface area contributed by atoms with Gasteiger partial charge in [-0.2, -0.15) is 0 Å². The summed E-state index contributed by atoms with van der Waals surface area (Å²) in [6.45, 7) is 60.1. The summed E-state index contributed by atoms with van der Waals surface area (Å²) >= 11 is 0. The highest BCUT2D eigenvalue weighted by Gasteiger charge is 2.43. The Labute approximate surface area is 840 Å². The number of piperidine rings is 3. The van der Waals surface area contributed by atoms with Gasteiger partial charge in [0.05, 0.1) is 24.8 Å². The number of aryl methyl sites for hydroxylation is 6. The number of ether oxygens (including phenoxy) is 6. The van der Waals surface area contributed by atoms with Gasteiger partial charge in [-0.25, -0.2) is 0 Å². The van der Waals surface area contributed by atoms with E-state index in [0.717, 1.165) is 241 Å². The van der Waals surface area contributed by atoms with Gasteiger partial charge in [0.1, 0.15) is 80.8 Å². The van der Waals surface area contributed by atoms with Gasteiger partial charge in [-0.15, -0.1) is 0 Å². The van der Waals surface area contributed by atoms with E-state index in [1.54, 1.807) is 14.2 Å². The molecule has 0 unspecified atom stereocenters. The Morgan fingerprint density at radius 3 is 0.703 bits per heavy atom. The normalized spacial score (nSPS) is 21.5. The molecule has 27 heteroatoms. The quantitative estimate of drug-likeness (QED) is 0.0784. The standard InChI is InChI=1S/C21H33N2O3P.C20H33N2O2P.C19H31N2OP.C16H24NO3P.C15H24NO2P.C14H22NOP.6CH4/c1-16(2)22-8-6-18(7-9-22)23-10-14-27(24,15-11-23)19-5-4-17(3)20-21(19)26-13-12-25-20;1-16(2)21-9-7-18(8-10-21)22-11-13-25(23,14-12-22)19-6-5-17(3)20(15-19)24-4;1-16(2)20-10-8-18(9-11-20)21-12-14-23(22,15-13-21)19-6-4-17(3)5-7-19;1-12(2)17-6-10-21(18,11-7-17)14-5-4-13(3)15-16(14)20-9-8-19-15;1-12(2)16-7-9-19(17,10-8-16)14-6-5-13(3)15(11-14)18-4;1-12(2)15-8-10-17(16,11-9-15)14-6-4-13(3)5-7-14;;;;;;/h4-5,16,18H,6-15H2,1-3H3;5-6,15-16,18H,7-14H2,1-4H3;4-7,16,18H,8-15H2,1-3H3;4-5,12H,6-11H2,1-3H3;5-6,11-12H,7-10H2,1-4H3;4-7,12H,8-11H2,1-3H3;6*1H4. The van der Waals surface area contributed by atoms with Gasteiger partial charge in [0.2, 0.25) is 0 Å². The molecule has 11 heterocycles. The molecule has 6 aromatic carbocycles. The number of hydrogen-bond acceptors (Lipinski definition) is 21. The van der Waals surface area contributed by atoms with Crippen LogP contribution in [0.25, 0.3) is 0 Å². The van der Waals surface area contributed by atoms with Crippen molar-refractivity contribution < 1.29 is 55.8 Å². The zero-order valence-corrected chi connectivity index (χ0v) is 89.8. The fraction of sp³-hybridized carbons (Fsp3) is 0.676. The zero-order chi connectivity index (χ0) is 95.0. The third-order valence-corrected chi connectivity index (χ3v) is 49.2. The largest absolute Gasteiger partial charge is 0.496 e. The molecule has 0 atom stereocenters. The van der Waals surface area contributed by atoms with Crippen LogP contribution < -0.4 is 60.2 Å². The minimum Gasteiger partial charge on any atom is -0.496 e. The molecule has 21 nitrogen and oxygen atoms in total. The van der Waals surface area contributed by atoms with Crippen molar-refractivity contribution in [3.05, 3.63) is 143 Å². The zero-order valence-electron chi connectivity index (χ0n) is 84.5. The summed E-state index contributed by atoms with van der Waals surface area (Å²) < 4.78 is 114. The SMILES string of the molecule is C.C.C.C.C.C.COc1cc(P2(=O)CCN(C(C)C)CC2)ccc1C.COc1cc(P2(=O)CCN(C3CCN(C(C)C)CC3)CC2)ccc1C.Cc1ccc(P2(=O)CCN(C(C)C)CC2)c2c1OCCO2.Cc1ccc(P2(=O)CCN(C(C)C)CC2)cc1.Cc1ccc(P2(=O)CCN(C3CCN(C(C)C)CC3)CC2)c2c1OCCO2.Cc1ccc(P2(=O)CCN(C3CCN(C(C)C)CC3)CC2)cc1. The molecule has 9 saturated heterocycles. The lowest BCUT2D eigenvalue weighted by Gasteiger charge is -2.43. The Morgan fingerprint density at radius 1 is 0.254 bits per heavy atom. The molecule has 6 aromatic rings. The molecule has 782 valence electrons. The van der Waals surface area contributed by atoms with Crippen molar-refractivity contribution in [2.75, 3.05) is 232 Å². The molecule has 0 radical (unpaired) electrons. The van der Waals surface area contributed by atoms with Crippen LogP contribution in [0.3, 0.4) is 0 Å². The summed E-state index contributed by atoms with van der Waals surface area (Å²) in [5, 5.41) is 5.97. The molecule has 11 aliphatic heterocycles. The molecule has 0 saturated carbocycles. The maximum atomic E-state index is 13.8. The van der Waals surface area contributed by atoms with E-state index in [1.807, 2.05) is 82.3 Å². The van der Waals surface area contributed by atoms with E-state index in [-0.39, 0.29) is 44.6 Å². The molecule has 0 N–H and O–H groups in total. The van der Waals surface area contributed by atoms with E-state index in [1.165, 1.54) is 88.9 Å². The van der Waals surface area contributed by atoms with Gasteiger partial charge in [0.15, 0.2) is 23.0 Å². The van der Waals surface area contributed by atoms with Crippen LogP contribution >= 0.6 is 42.9 Å². The van der Waals surface area contributed by atoms with Crippen molar-refractivity contribution >= 4 is 74.7 Å². The molecule has 0 bridgehead atoms. The molecule has 0 spiro atoms. The summed E-state index contributed by atoms with van der Waals surface area (Å²) in [5.41, 5.74) is 6.81. The van der Waals surface area contributed by atoms with Crippen molar-refractivity contribution in [3.63, 3.8) is 0 Å². The smallest absolute Gasteiger partial charge is 0.172 e. The van der Waals surface area contributed by atoms with Gasteiger partial charge in [0.25, 0.3) is 0 Å². The van der Waals surface area contributed by atoms with Crippen LogP contribution in [0.1, 0.15) is 200 Å². The Hall–Kier alpha value is -4.86. The third-order valence-electron chi connectivity index (χ3n) is 30.7. The highest BCUT2D eigenvalue weighted by molar-refractivity contribution is 7.73. The Balaban J connectivity index is 0.000000253. The van der Waals surface area contributed by atoms with Crippen molar-refractivity contribution in [3.8, 4) is 34.5 Å². The number of likely N-dealkylation sites (tertiary alicyclic amines) is 3. The molecule has 11 aliphatic rings. The second-order valence-electron chi connectivity index (χ2n) is 41.1. The molecule has 0 aromatic heterocycles.